The summed E-state index contributed by atoms with van der Waals surface area (Å²) in [5.41, 5.74) is 8.88. The average molecular weight is 166 g/mol. The van der Waals surface area contributed by atoms with Gasteiger partial charge in [0.2, 0.25) is 0 Å². The van der Waals surface area contributed by atoms with Crippen LogP contribution in [-0.4, -0.2) is 5.71 Å². The van der Waals surface area contributed by atoms with Crippen LogP contribution in [0.2, 0.25) is 0 Å². The van der Waals surface area contributed by atoms with Crippen molar-refractivity contribution in [1.29, 1.82) is 5.41 Å². The first kappa shape index (κ1) is 9.30. The molecule has 0 radical (unpaired) electrons. The Morgan fingerprint density at radius 1 is 1.50 bits per heavy atom. The number of nitrogens with two attached hydrogens (primary N) is 1. The van der Waals surface area contributed by atoms with E-state index in [9.17, 15) is 0 Å². The number of nitrogens with one attached hydrogen (secondary N) is 1. The van der Waals surface area contributed by atoms with Gasteiger partial charge in [0.05, 0.1) is 0 Å². The Morgan fingerprint density at radius 2 is 2.08 bits per heavy atom. The monoisotopic (exact) mass is 166 g/mol. The van der Waals surface area contributed by atoms with Crippen LogP contribution in [-0.2, 0) is 0 Å². The standard InChI is InChI=1S/C10H18N2/c1-7(11)8-4-5-10(2,3)6-9(8)12/h11H,4-6,12H2,1-3H3. The molecule has 68 valence electrons. The van der Waals surface area contributed by atoms with E-state index in [0.29, 0.717) is 11.1 Å². The number of hydrogen-bond acceptors (Lipinski definition) is 2. The molecule has 1 rings (SSSR count). The van der Waals surface area contributed by atoms with Crippen molar-refractivity contribution in [2.75, 3.05) is 0 Å². The summed E-state index contributed by atoms with van der Waals surface area (Å²) in [5.74, 6) is 0. The molecule has 0 aromatic rings. The Morgan fingerprint density at radius 3 is 2.50 bits per heavy atom. The lowest BCUT2D eigenvalue weighted by molar-refractivity contribution is 0.315. The topological polar surface area (TPSA) is 49.9 Å². The Labute approximate surface area is 74.4 Å². The minimum absolute atomic E-state index is 0.336. The molecule has 0 amide bonds. The van der Waals surface area contributed by atoms with E-state index in [4.69, 9.17) is 11.1 Å². The third-order valence-corrected chi connectivity index (χ3v) is 2.56. The molecule has 0 saturated heterocycles. The maximum Gasteiger partial charge on any atom is 0.0332 e. The van der Waals surface area contributed by atoms with Gasteiger partial charge in [0, 0.05) is 11.4 Å². The van der Waals surface area contributed by atoms with Crippen molar-refractivity contribution in [3.8, 4) is 0 Å². The lowest BCUT2D eigenvalue weighted by Crippen LogP contribution is -2.24. The van der Waals surface area contributed by atoms with Crippen molar-refractivity contribution < 1.29 is 0 Å². The van der Waals surface area contributed by atoms with Crippen molar-refractivity contribution in [3.05, 3.63) is 11.3 Å². The molecule has 1 aliphatic carbocycles. The first-order valence-corrected chi connectivity index (χ1v) is 4.45. The van der Waals surface area contributed by atoms with E-state index >= 15 is 0 Å². The zero-order chi connectivity index (χ0) is 9.35. The second-order valence-corrected chi connectivity index (χ2v) is 4.47. The Bertz CT molecular complexity index is 236. The molecular weight excluding hydrogens is 148 g/mol. The van der Waals surface area contributed by atoms with Crippen LogP contribution in [0.5, 0.6) is 0 Å². The largest absolute Gasteiger partial charge is 0.402 e. The first-order chi connectivity index (χ1) is 5.42. The fourth-order valence-electron chi connectivity index (χ4n) is 1.76. The van der Waals surface area contributed by atoms with Gasteiger partial charge in [-0.15, -0.1) is 0 Å². The highest BCUT2D eigenvalue weighted by atomic mass is 14.6. The maximum atomic E-state index is 7.51. The minimum atomic E-state index is 0.336. The van der Waals surface area contributed by atoms with E-state index in [-0.39, 0.29) is 0 Å². The highest BCUT2D eigenvalue weighted by molar-refractivity contribution is 5.96. The Hall–Kier alpha value is -0.790. The summed E-state index contributed by atoms with van der Waals surface area (Å²) < 4.78 is 0. The van der Waals surface area contributed by atoms with Crippen LogP contribution in [0.25, 0.3) is 0 Å². The predicted octanol–water partition coefficient (Wildman–Crippen LogP) is 2.45. The van der Waals surface area contributed by atoms with E-state index in [1.54, 1.807) is 0 Å². The summed E-state index contributed by atoms with van der Waals surface area (Å²) >= 11 is 0. The molecule has 0 bridgehead atoms. The molecule has 0 aromatic heterocycles. The zero-order valence-electron chi connectivity index (χ0n) is 8.20. The molecule has 0 heterocycles. The average Bonchev–Trinajstić information content (AvgIpc) is 1.83. The van der Waals surface area contributed by atoms with E-state index in [2.05, 4.69) is 13.8 Å². The lowest BCUT2D eigenvalue weighted by atomic mass is 9.76. The number of hydrogen-bond donors (Lipinski definition) is 2. The molecule has 1 aliphatic rings. The highest BCUT2D eigenvalue weighted by Crippen LogP contribution is 2.36. The van der Waals surface area contributed by atoms with Gasteiger partial charge in [-0.3, -0.25) is 0 Å². The molecule has 2 nitrogen and oxygen atoms in total. The van der Waals surface area contributed by atoms with Gasteiger partial charge in [-0.05, 0) is 37.2 Å². The SMILES string of the molecule is CC(=N)C1=C(N)CC(C)(C)CC1. The molecule has 3 N–H and O–H groups in total. The molecule has 0 aromatic carbocycles. The first-order valence-electron chi connectivity index (χ1n) is 4.45. The smallest absolute Gasteiger partial charge is 0.0332 e. The molecule has 0 saturated carbocycles. The molecule has 0 unspecified atom stereocenters. The van der Waals surface area contributed by atoms with Crippen molar-refractivity contribution >= 4 is 5.71 Å². The van der Waals surface area contributed by atoms with Crippen LogP contribution >= 0.6 is 0 Å². The molecule has 0 fully saturated rings. The van der Waals surface area contributed by atoms with Crippen LogP contribution in [0.1, 0.15) is 40.0 Å². The summed E-state index contributed by atoms with van der Waals surface area (Å²) in [7, 11) is 0. The minimum Gasteiger partial charge on any atom is -0.402 e. The summed E-state index contributed by atoms with van der Waals surface area (Å²) in [6.07, 6.45) is 3.08. The fraction of sp³-hybridized carbons (Fsp3) is 0.700. The summed E-state index contributed by atoms with van der Waals surface area (Å²) in [5, 5.41) is 7.51. The van der Waals surface area contributed by atoms with E-state index in [0.717, 1.165) is 30.5 Å². The lowest BCUT2D eigenvalue weighted by Gasteiger charge is -2.31. The molecule has 0 atom stereocenters. The maximum absolute atomic E-state index is 7.51. The van der Waals surface area contributed by atoms with Crippen molar-refractivity contribution in [1.82, 2.24) is 0 Å². The summed E-state index contributed by atoms with van der Waals surface area (Å²) in [4.78, 5) is 0. The predicted molar refractivity (Wildman–Crippen MR) is 52.2 cm³/mol. The number of rotatable bonds is 1. The molecule has 0 aliphatic heterocycles. The third kappa shape index (κ3) is 1.87. The Balaban J connectivity index is 2.85. The molecule has 12 heavy (non-hydrogen) atoms. The van der Waals surface area contributed by atoms with E-state index in [1.165, 1.54) is 0 Å². The zero-order valence-corrected chi connectivity index (χ0v) is 8.20. The van der Waals surface area contributed by atoms with Gasteiger partial charge in [0.25, 0.3) is 0 Å². The van der Waals surface area contributed by atoms with Gasteiger partial charge in [-0.25, -0.2) is 0 Å². The van der Waals surface area contributed by atoms with Crippen LogP contribution in [0.4, 0.5) is 0 Å². The van der Waals surface area contributed by atoms with E-state index < -0.39 is 0 Å². The normalized spacial score (nSPS) is 22.6. The van der Waals surface area contributed by atoms with Crippen LogP contribution in [0.3, 0.4) is 0 Å². The third-order valence-electron chi connectivity index (χ3n) is 2.56. The van der Waals surface area contributed by atoms with Gasteiger partial charge in [0.1, 0.15) is 0 Å². The summed E-state index contributed by atoms with van der Waals surface area (Å²) in [6, 6.07) is 0. The molecular formula is C10H18N2. The second-order valence-electron chi connectivity index (χ2n) is 4.47. The fourth-order valence-corrected chi connectivity index (χ4v) is 1.76. The molecule has 0 spiro atoms. The quantitative estimate of drug-likeness (QED) is 0.577. The van der Waals surface area contributed by atoms with E-state index in [1.807, 2.05) is 6.92 Å². The van der Waals surface area contributed by atoms with Crippen LogP contribution in [0.15, 0.2) is 11.3 Å². The van der Waals surface area contributed by atoms with Crippen LogP contribution < -0.4 is 5.73 Å². The van der Waals surface area contributed by atoms with Crippen molar-refractivity contribution in [2.24, 2.45) is 11.1 Å². The van der Waals surface area contributed by atoms with Gasteiger partial charge in [0.15, 0.2) is 0 Å². The second kappa shape index (κ2) is 2.92. The summed E-state index contributed by atoms with van der Waals surface area (Å²) in [6.45, 7) is 6.28. The van der Waals surface area contributed by atoms with Gasteiger partial charge >= 0.3 is 0 Å². The van der Waals surface area contributed by atoms with Gasteiger partial charge in [-0.1, -0.05) is 13.8 Å². The van der Waals surface area contributed by atoms with Crippen molar-refractivity contribution in [2.45, 2.75) is 40.0 Å². The van der Waals surface area contributed by atoms with Gasteiger partial charge in [-0.2, -0.15) is 0 Å². The Kier molecular flexibility index (Phi) is 2.27. The molecule has 2 heteroatoms. The highest BCUT2D eigenvalue weighted by Gasteiger charge is 2.26. The number of allylic oxidation sites excluding steroid dienone is 2. The van der Waals surface area contributed by atoms with Crippen LogP contribution in [0, 0.1) is 10.8 Å². The van der Waals surface area contributed by atoms with Gasteiger partial charge < -0.3 is 11.1 Å². The van der Waals surface area contributed by atoms with Crippen molar-refractivity contribution in [3.63, 3.8) is 0 Å².